The van der Waals surface area contributed by atoms with Gasteiger partial charge in [-0.1, -0.05) is 39.3 Å². The van der Waals surface area contributed by atoms with Crippen LogP contribution < -0.4 is 0 Å². The average molecular weight is 362 g/mol. The van der Waals surface area contributed by atoms with E-state index in [0.29, 0.717) is 0 Å². The lowest BCUT2D eigenvalue weighted by Gasteiger charge is -2.44. The van der Waals surface area contributed by atoms with E-state index in [1.54, 1.807) is 14.2 Å². The van der Waals surface area contributed by atoms with Crippen LogP contribution >= 0.6 is 0 Å². The summed E-state index contributed by atoms with van der Waals surface area (Å²) in [7, 11) is 3.16. The number of carboxylic acid groups (broad SMARTS) is 1. The van der Waals surface area contributed by atoms with Crippen LogP contribution in [0.5, 0.6) is 0 Å². The van der Waals surface area contributed by atoms with Crippen LogP contribution in [0.25, 0.3) is 0 Å². The molecule has 1 aliphatic carbocycles. The van der Waals surface area contributed by atoms with Gasteiger partial charge in [0, 0.05) is 25.3 Å². The predicted octanol–water partition coefficient (Wildman–Crippen LogP) is 4.49. The lowest BCUT2D eigenvalue weighted by Crippen LogP contribution is -2.35. The van der Waals surface area contributed by atoms with Crippen molar-refractivity contribution >= 4 is 5.97 Å². The van der Waals surface area contributed by atoms with Crippen molar-refractivity contribution < 1.29 is 24.1 Å². The number of fused-ring (bicyclic) bond motifs is 1. The van der Waals surface area contributed by atoms with Gasteiger partial charge >= 0.3 is 5.97 Å². The number of ether oxygens (including phenoxy) is 3. The molecule has 5 nitrogen and oxygen atoms in total. The molecule has 0 radical (unpaired) electrons. The minimum absolute atomic E-state index is 0.0336. The number of benzene rings is 1. The first-order valence-corrected chi connectivity index (χ1v) is 9.30. The van der Waals surface area contributed by atoms with Crippen molar-refractivity contribution in [3.05, 3.63) is 34.4 Å². The van der Waals surface area contributed by atoms with Crippen LogP contribution in [0.15, 0.2) is 12.1 Å². The van der Waals surface area contributed by atoms with Gasteiger partial charge in [-0.15, -0.1) is 0 Å². The quantitative estimate of drug-likeness (QED) is 0.836. The Kier molecular flexibility index (Phi) is 5.17. The Labute approximate surface area is 155 Å². The van der Waals surface area contributed by atoms with E-state index >= 15 is 0 Å². The molecule has 1 fully saturated rings. The van der Waals surface area contributed by atoms with Crippen molar-refractivity contribution in [3.8, 4) is 0 Å². The molecule has 5 heteroatoms. The summed E-state index contributed by atoms with van der Waals surface area (Å²) in [4.78, 5) is 11.7. The Morgan fingerprint density at radius 3 is 2.46 bits per heavy atom. The topological polar surface area (TPSA) is 65.0 Å². The van der Waals surface area contributed by atoms with Crippen LogP contribution in [0, 0.1) is 5.41 Å². The Bertz CT molecular complexity index is 696. The van der Waals surface area contributed by atoms with Gasteiger partial charge in [-0.25, -0.2) is 0 Å². The molecule has 1 saturated carbocycles. The first kappa shape index (κ1) is 19.3. The summed E-state index contributed by atoms with van der Waals surface area (Å²) in [5.41, 5.74) is 3.86. The Morgan fingerprint density at radius 1 is 1.19 bits per heavy atom. The number of carbonyl (C=O) groups is 1. The van der Waals surface area contributed by atoms with Crippen LogP contribution in [-0.4, -0.2) is 25.3 Å². The highest BCUT2D eigenvalue weighted by Crippen LogP contribution is 2.51. The lowest BCUT2D eigenvalue weighted by molar-refractivity contribution is -0.217. The zero-order valence-corrected chi connectivity index (χ0v) is 16.4. The molecule has 0 bridgehead atoms. The molecule has 0 unspecified atom stereocenters. The Balaban J connectivity index is 2.16. The van der Waals surface area contributed by atoms with Crippen molar-refractivity contribution in [2.75, 3.05) is 14.2 Å². The van der Waals surface area contributed by atoms with Crippen molar-refractivity contribution in [3.63, 3.8) is 0 Å². The highest BCUT2D eigenvalue weighted by molar-refractivity contribution is 5.72. The molecular weight excluding hydrogens is 332 g/mol. The second-order valence-electron chi connectivity index (χ2n) is 8.69. The minimum Gasteiger partial charge on any atom is -0.481 e. The molecule has 0 aromatic heterocycles. The molecule has 0 saturated heterocycles. The molecular formula is C21H30O5. The summed E-state index contributed by atoms with van der Waals surface area (Å²) in [5, 5.41) is 9.58. The number of carboxylic acids is 1. The second kappa shape index (κ2) is 6.95. The standard InChI is InChI=1S/C21H30O5/c1-20(2)9-6-10-21(3,12-20)15-8-7-13-17(14(15)11-16(22)23)19(25-5)26-18(13)24-4/h7-8,18-19H,6,9-12H2,1-5H3,(H,22,23)/t18-,19+,21+/m1/s1. The fourth-order valence-corrected chi connectivity index (χ4v) is 5.10. The highest BCUT2D eigenvalue weighted by Gasteiger charge is 2.42. The van der Waals surface area contributed by atoms with Crippen LogP contribution in [0.2, 0.25) is 0 Å². The molecule has 3 rings (SSSR count). The molecule has 26 heavy (non-hydrogen) atoms. The number of methoxy groups -OCH3 is 2. The summed E-state index contributed by atoms with van der Waals surface area (Å²) in [6, 6.07) is 4.11. The molecule has 3 atom stereocenters. The highest BCUT2D eigenvalue weighted by atomic mass is 16.8. The molecule has 0 spiro atoms. The molecule has 144 valence electrons. The van der Waals surface area contributed by atoms with Gasteiger partial charge in [0.05, 0.1) is 6.42 Å². The average Bonchev–Trinajstić information content (AvgIpc) is 2.91. The van der Waals surface area contributed by atoms with Crippen LogP contribution in [0.3, 0.4) is 0 Å². The first-order valence-electron chi connectivity index (χ1n) is 9.30. The van der Waals surface area contributed by atoms with E-state index < -0.39 is 18.5 Å². The molecule has 1 aliphatic heterocycles. The number of hydrogen-bond acceptors (Lipinski definition) is 4. The van der Waals surface area contributed by atoms with Gasteiger partial charge in [-0.3, -0.25) is 4.79 Å². The zero-order chi connectivity index (χ0) is 19.1. The SMILES string of the molecule is CO[C@@H]1O[C@H](OC)c2c1ccc([C@@]1(C)CCCC(C)(C)C1)c2CC(=O)O. The van der Waals surface area contributed by atoms with E-state index in [0.717, 1.165) is 41.5 Å². The summed E-state index contributed by atoms with van der Waals surface area (Å²) in [6.45, 7) is 6.87. The number of rotatable bonds is 5. The fourth-order valence-electron chi connectivity index (χ4n) is 5.10. The predicted molar refractivity (Wildman–Crippen MR) is 98.0 cm³/mol. The van der Waals surface area contributed by atoms with Gasteiger partial charge in [0.2, 0.25) is 0 Å². The van der Waals surface area contributed by atoms with Gasteiger partial charge in [-0.2, -0.15) is 0 Å². The van der Waals surface area contributed by atoms with Gasteiger partial charge < -0.3 is 19.3 Å². The minimum atomic E-state index is -0.839. The summed E-state index contributed by atoms with van der Waals surface area (Å²) < 4.78 is 16.8. The van der Waals surface area contributed by atoms with Gasteiger partial charge in [0.1, 0.15) is 0 Å². The van der Waals surface area contributed by atoms with E-state index in [2.05, 4.69) is 26.8 Å². The summed E-state index contributed by atoms with van der Waals surface area (Å²) in [5.74, 6) is -0.839. The first-order chi connectivity index (χ1) is 12.2. The largest absolute Gasteiger partial charge is 0.481 e. The van der Waals surface area contributed by atoms with Crippen molar-refractivity contribution in [2.45, 2.75) is 70.9 Å². The van der Waals surface area contributed by atoms with Gasteiger partial charge in [-0.05, 0) is 41.2 Å². The van der Waals surface area contributed by atoms with Crippen LogP contribution in [0.4, 0.5) is 0 Å². The number of aliphatic carboxylic acids is 1. The van der Waals surface area contributed by atoms with E-state index in [1.807, 2.05) is 6.07 Å². The third-order valence-electron chi connectivity index (χ3n) is 5.98. The fraction of sp³-hybridized carbons (Fsp3) is 0.667. The Hall–Kier alpha value is -1.43. The van der Waals surface area contributed by atoms with E-state index in [4.69, 9.17) is 14.2 Å². The molecule has 1 N–H and O–H groups in total. The maximum Gasteiger partial charge on any atom is 0.307 e. The molecule has 1 heterocycles. The summed E-state index contributed by atoms with van der Waals surface area (Å²) >= 11 is 0. The van der Waals surface area contributed by atoms with E-state index in [9.17, 15) is 9.90 Å². The van der Waals surface area contributed by atoms with Crippen molar-refractivity contribution in [1.29, 1.82) is 0 Å². The van der Waals surface area contributed by atoms with Crippen molar-refractivity contribution in [1.82, 2.24) is 0 Å². The maximum atomic E-state index is 11.7. The van der Waals surface area contributed by atoms with Gasteiger partial charge in [0.15, 0.2) is 12.6 Å². The molecule has 0 amide bonds. The second-order valence-corrected chi connectivity index (χ2v) is 8.69. The normalized spacial score (nSPS) is 30.2. The number of hydrogen-bond donors (Lipinski definition) is 1. The summed E-state index contributed by atoms with van der Waals surface area (Å²) in [6.07, 6.45) is 3.31. The monoisotopic (exact) mass is 362 g/mol. The van der Waals surface area contributed by atoms with Crippen molar-refractivity contribution in [2.24, 2.45) is 5.41 Å². The third-order valence-corrected chi connectivity index (χ3v) is 5.98. The Morgan fingerprint density at radius 2 is 1.88 bits per heavy atom. The maximum absolute atomic E-state index is 11.7. The van der Waals surface area contributed by atoms with E-state index in [-0.39, 0.29) is 17.3 Å². The third kappa shape index (κ3) is 3.40. The molecule has 2 aliphatic rings. The smallest absolute Gasteiger partial charge is 0.307 e. The zero-order valence-electron chi connectivity index (χ0n) is 16.4. The van der Waals surface area contributed by atoms with Gasteiger partial charge in [0.25, 0.3) is 0 Å². The van der Waals surface area contributed by atoms with Crippen LogP contribution in [0.1, 0.15) is 81.3 Å². The van der Waals surface area contributed by atoms with E-state index in [1.165, 1.54) is 6.42 Å². The molecule has 1 aromatic carbocycles. The lowest BCUT2D eigenvalue weighted by atomic mass is 9.60. The van der Waals surface area contributed by atoms with Crippen LogP contribution in [-0.2, 0) is 30.8 Å². The molecule has 1 aromatic rings.